The number of hydrogen-bond acceptors (Lipinski definition) is 5. The fourth-order valence-electron chi connectivity index (χ4n) is 4.23. The lowest BCUT2D eigenvalue weighted by Crippen LogP contribution is -2.41. The molecule has 1 aromatic heterocycles. The smallest absolute Gasteiger partial charge is 0.191 e. The average molecular weight is 436 g/mol. The van der Waals surface area contributed by atoms with Gasteiger partial charge < -0.3 is 20.3 Å². The van der Waals surface area contributed by atoms with Crippen molar-refractivity contribution in [2.75, 3.05) is 65.6 Å². The second-order valence-corrected chi connectivity index (χ2v) is 9.54. The molecule has 1 aromatic rings. The molecule has 3 heterocycles. The van der Waals surface area contributed by atoms with Gasteiger partial charge in [-0.3, -0.25) is 9.89 Å². The summed E-state index contributed by atoms with van der Waals surface area (Å²) in [6.45, 7) is 14.6. The second kappa shape index (κ2) is 13.3. The first-order valence-corrected chi connectivity index (χ1v) is 12.7. The number of morpholine rings is 1. The van der Waals surface area contributed by atoms with Crippen LogP contribution in [-0.2, 0) is 4.74 Å². The van der Waals surface area contributed by atoms with Gasteiger partial charge in [0.2, 0.25) is 0 Å². The van der Waals surface area contributed by atoms with Crippen molar-refractivity contribution < 1.29 is 4.74 Å². The van der Waals surface area contributed by atoms with E-state index in [1.54, 1.807) is 0 Å². The summed E-state index contributed by atoms with van der Waals surface area (Å²) in [6, 6.07) is 4.72. The van der Waals surface area contributed by atoms with Gasteiger partial charge in [-0.2, -0.15) is 0 Å². The summed E-state index contributed by atoms with van der Waals surface area (Å²) in [6.07, 6.45) is 5.18. The molecule has 1 unspecified atom stereocenters. The van der Waals surface area contributed by atoms with E-state index in [9.17, 15) is 0 Å². The maximum absolute atomic E-state index is 5.55. The Hall–Kier alpha value is -1.15. The number of guanidine groups is 1. The maximum Gasteiger partial charge on any atom is 0.191 e. The Morgan fingerprint density at radius 3 is 2.70 bits per heavy atom. The van der Waals surface area contributed by atoms with Gasteiger partial charge >= 0.3 is 0 Å². The van der Waals surface area contributed by atoms with Crippen molar-refractivity contribution in [2.45, 2.75) is 45.6 Å². The maximum atomic E-state index is 5.55. The van der Waals surface area contributed by atoms with Crippen LogP contribution in [0.2, 0.25) is 0 Å². The Morgan fingerprint density at radius 2 is 2.00 bits per heavy atom. The quantitative estimate of drug-likeness (QED) is 0.336. The number of likely N-dealkylation sites (tertiary alicyclic amines) is 1. The van der Waals surface area contributed by atoms with Gasteiger partial charge in [-0.25, -0.2) is 0 Å². The van der Waals surface area contributed by atoms with Crippen LogP contribution < -0.4 is 10.6 Å². The molecule has 2 aliphatic heterocycles. The van der Waals surface area contributed by atoms with Crippen LogP contribution in [0.1, 0.15) is 50.4 Å². The minimum Gasteiger partial charge on any atom is -0.379 e. The molecular formula is C23H41N5OS. The summed E-state index contributed by atoms with van der Waals surface area (Å²) >= 11 is 1.83. The first-order chi connectivity index (χ1) is 14.8. The van der Waals surface area contributed by atoms with Crippen LogP contribution in [0.5, 0.6) is 0 Å². The molecule has 1 atom stereocenters. The Kier molecular flexibility index (Phi) is 10.4. The van der Waals surface area contributed by atoms with E-state index in [4.69, 9.17) is 9.73 Å². The first-order valence-electron chi connectivity index (χ1n) is 11.9. The molecule has 0 amide bonds. The van der Waals surface area contributed by atoms with E-state index in [-0.39, 0.29) is 0 Å². The highest BCUT2D eigenvalue weighted by Gasteiger charge is 2.23. The zero-order valence-electron chi connectivity index (χ0n) is 18.9. The summed E-state index contributed by atoms with van der Waals surface area (Å²) in [5.74, 6) is 1.86. The van der Waals surface area contributed by atoms with E-state index in [0.717, 1.165) is 57.8 Å². The van der Waals surface area contributed by atoms with Crippen molar-refractivity contribution in [3.05, 3.63) is 22.4 Å². The molecule has 2 aliphatic rings. The lowest BCUT2D eigenvalue weighted by atomic mass is 9.99. The van der Waals surface area contributed by atoms with E-state index < -0.39 is 0 Å². The highest BCUT2D eigenvalue weighted by Crippen LogP contribution is 2.26. The van der Waals surface area contributed by atoms with Crippen LogP contribution in [-0.4, -0.2) is 81.3 Å². The van der Waals surface area contributed by atoms with E-state index in [2.05, 4.69) is 51.8 Å². The van der Waals surface area contributed by atoms with Crippen LogP contribution in [0.4, 0.5) is 0 Å². The second-order valence-electron chi connectivity index (χ2n) is 8.56. The largest absolute Gasteiger partial charge is 0.379 e. The molecule has 0 saturated carbocycles. The zero-order chi connectivity index (χ0) is 21.0. The number of aliphatic imine (C=N–C) groups is 1. The van der Waals surface area contributed by atoms with Gasteiger partial charge in [0.05, 0.1) is 25.8 Å². The van der Waals surface area contributed by atoms with Crippen LogP contribution in [0, 0.1) is 5.92 Å². The normalized spacial score (nSPS) is 20.9. The minimum absolute atomic E-state index is 0.339. The Balaban J connectivity index is 1.44. The summed E-state index contributed by atoms with van der Waals surface area (Å²) < 4.78 is 5.55. The lowest BCUT2D eigenvalue weighted by Gasteiger charge is -2.33. The van der Waals surface area contributed by atoms with Crippen molar-refractivity contribution in [1.29, 1.82) is 0 Å². The standard InChI is InChI=1S/C23H41N5OS/c1-3-24-23(25-10-4-5-11-27-12-8-20(2)9-13-27)26-19-21(22-7-6-18-30-22)28-14-16-29-17-15-28/h6-7,18,20-21H,3-5,8-17,19H2,1-2H3,(H2,24,25,26). The first kappa shape index (κ1) is 23.5. The third-order valence-corrected chi connectivity index (χ3v) is 7.17. The molecule has 7 heteroatoms. The van der Waals surface area contributed by atoms with Gasteiger partial charge in [0.1, 0.15) is 0 Å². The summed E-state index contributed by atoms with van der Waals surface area (Å²) in [4.78, 5) is 11.5. The van der Waals surface area contributed by atoms with Gasteiger partial charge in [0, 0.05) is 31.1 Å². The van der Waals surface area contributed by atoms with E-state index in [0.29, 0.717) is 6.04 Å². The summed E-state index contributed by atoms with van der Waals surface area (Å²) in [7, 11) is 0. The monoisotopic (exact) mass is 435 g/mol. The van der Waals surface area contributed by atoms with E-state index in [1.807, 2.05) is 11.3 Å². The number of nitrogens with one attached hydrogen (secondary N) is 2. The lowest BCUT2D eigenvalue weighted by molar-refractivity contribution is 0.0186. The molecule has 2 fully saturated rings. The molecule has 0 spiro atoms. The zero-order valence-corrected chi connectivity index (χ0v) is 19.8. The summed E-state index contributed by atoms with van der Waals surface area (Å²) in [5, 5.41) is 9.14. The number of rotatable bonds is 10. The Bertz CT molecular complexity index is 595. The molecule has 0 radical (unpaired) electrons. The van der Waals surface area contributed by atoms with Crippen molar-refractivity contribution in [3.63, 3.8) is 0 Å². The Labute approximate surface area is 187 Å². The molecule has 0 aliphatic carbocycles. The average Bonchev–Trinajstić information content (AvgIpc) is 3.30. The van der Waals surface area contributed by atoms with Crippen molar-refractivity contribution >= 4 is 17.3 Å². The predicted molar refractivity (Wildman–Crippen MR) is 128 cm³/mol. The highest BCUT2D eigenvalue weighted by atomic mass is 32.1. The fraction of sp³-hybridized carbons (Fsp3) is 0.783. The van der Waals surface area contributed by atoms with Gasteiger partial charge in [0.25, 0.3) is 0 Å². The van der Waals surface area contributed by atoms with Gasteiger partial charge in [-0.05, 0) is 69.6 Å². The Morgan fingerprint density at radius 1 is 1.20 bits per heavy atom. The number of unbranched alkanes of at least 4 members (excludes halogenated alkanes) is 1. The molecule has 170 valence electrons. The third-order valence-electron chi connectivity index (χ3n) is 6.19. The van der Waals surface area contributed by atoms with Gasteiger partial charge in [-0.1, -0.05) is 13.0 Å². The SMILES string of the molecule is CCNC(=NCC(c1cccs1)N1CCOCC1)NCCCCN1CCC(C)CC1. The van der Waals surface area contributed by atoms with Crippen LogP contribution in [0.3, 0.4) is 0 Å². The molecule has 0 aromatic carbocycles. The van der Waals surface area contributed by atoms with Gasteiger partial charge in [0.15, 0.2) is 5.96 Å². The highest BCUT2D eigenvalue weighted by molar-refractivity contribution is 7.10. The predicted octanol–water partition coefficient (Wildman–Crippen LogP) is 3.19. The molecule has 0 bridgehead atoms. The third kappa shape index (κ3) is 7.84. The molecule has 2 N–H and O–H groups in total. The van der Waals surface area contributed by atoms with Crippen LogP contribution in [0.25, 0.3) is 0 Å². The van der Waals surface area contributed by atoms with Crippen molar-refractivity contribution in [1.82, 2.24) is 20.4 Å². The molecule has 30 heavy (non-hydrogen) atoms. The van der Waals surface area contributed by atoms with E-state index >= 15 is 0 Å². The van der Waals surface area contributed by atoms with Crippen LogP contribution in [0.15, 0.2) is 22.5 Å². The number of nitrogens with zero attached hydrogens (tertiary/aromatic N) is 3. The van der Waals surface area contributed by atoms with Crippen molar-refractivity contribution in [2.24, 2.45) is 10.9 Å². The van der Waals surface area contributed by atoms with Crippen molar-refractivity contribution in [3.8, 4) is 0 Å². The number of thiophene rings is 1. The van der Waals surface area contributed by atoms with Gasteiger partial charge in [-0.15, -0.1) is 11.3 Å². The molecule has 2 saturated heterocycles. The molecule has 3 rings (SSSR count). The fourth-order valence-corrected chi connectivity index (χ4v) is 5.08. The topological polar surface area (TPSA) is 52.1 Å². The number of hydrogen-bond donors (Lipinski definition) is 2. The summed E-state index contributed by atoms with van der Waals surface area (Å²) in [5.41, 5.74) is 0. The molecular weight excluding hydrogens is 394 g/mol. The minimum atomic E-state index is 0.339. The van der Waals surface area contributed by atoms with E-state index in [1.165, 1.54) is 50.2 Å². The number of ether oxygens (including phenoxy) is 1. The molecule has 6 nitrogen and oxygen atoms in total. The number of piperidine rings is 1. The van der Waals surface area contributed by atoms with Crippen LogP contribution >= 0.6 is 11.3 Å².